The Hall–Kier alpha value is -1.79. The summed E-state index contributed by atoms with van der Waals surface area (Å²) in [5, 5.41) is 0.379. The molecule has 4 nitrogen and oxygen atoms in total. The Balaban J connectivity index is 2.13. The number of rotatable bonds is 4. The second-order valence-electron chi connectivity index (χ2n) is 4.73. The fraction of sp³-hybridized carbons (Fsp3) is 0.188. The van der Waals surface area contributed by atoms with Crippen molar-refractivity contribution in [3.05, 3.63) is 65.7 Å². The molecule has 0 atom stereocenters. The quantitative estimate of drug-likeness (QED) is 0.690. The molecule has 116 valence electrons. The molecule has 1 N–H and O–H groups in total. The number of aryl methyl sites for hydroxylation is 1. The van der Waals surface area contributed by atoms with Gasteiger partial charge in [-0.05, 0) is 30.9 Å². The Kier molecular flexibility index (Phi) is 5.63. The van der Waals surface area contributed by atoms with Crippen molar-refractivity contribution in [3.63, 3.8) is 0 Å². The van der Waals surface area contributed by atoms with E-state index >= 15 is 0 Å². The van der Waals surface area contributed by atoms with Crippen LogP contribution in [0.1, 0.15) is 11.1 Å². The van der Waals surface area contributed by atoms with Crippen molar-refractivity contribution in [2.24, 2.45) is 4.99 Å². The molecule has 2 aromatic carbocycles. The minimum atomic E-state index is -3.59. The third-order valence-electron chi connectivity index (χ3n) is 2.99. The van der Waals surface area contributed by atoms with Crippen molar-refractivity contribution >= 4 is 27.0 Å². The van der Waals surface area contributed by atoms with E-state index < -0.39 is 10.0 Å². The first-order valence-corrected chi connectivity index (χ1v) is 9.44. The van der Waals surface area contributed by atoms with Crippen LogP contribution >= 0.6 is 11.8 Å². The molecule has 0 aliphatic rings. The molecule has 0 saturated heterocycles. The first-order chi connectivity index (χ1) is 10.5. The number of amidine groups is 1. The number of thioether (sulfide) groups is 1. The number of nitrogens with zero attached hydrogens (tertiary/aromatic N) is 1. The number of hydrogen-bond donors (Lipinski definition) is 1. The van der Waals surface area contributed by atoms with Gasteiger partial charge in [-0.25, -0.2) is 8.42 Å². The highest BCUT2D eigenvalue weighted by molar-refractivity contribution is 8.14. The zero-order valence-electron chi connectivity index (χ0n) is 12.5. The minimum absolute atomic E-state index is 0.236. The van der Waals surface area contributed by atoms with Crippen molar-refractivity contribution in [2.45, 2.75) is 18.4 Å². The van der Waals surface area contributed by atoms with Gasteiger partial charge in [0.05, 0.1) is 11.4 Å². The van der Waals surface area contributed by atoms with Crippen LogP contribution in [0, 0.1) is 6.92 Å². The summed E-state index contributed by atoms with van der Waals surface area (Å²) < 4.78 is 27.2. The van der Waals surface area contributed by atoms with E-state index in [1.54, 1.807) is 30.5 Å². The number of sulfonamides is 1. The first kappa shape index (κ1) is 16.6. The molecule has 22 heavy (non-hydrogen) atoms. The van der Waals surface area contributed by atoms with E-state index in [2.05, 4.69) is 9.71 Å². The van der Waals surface area contributed by atoms with Crippen molar-refractivity contribution in [3.8, 4) is 0 Å². The van der Waals surface area contributed by atoms with Crippen LogP contribution in [0.5, 0.6) is 0 Å². The fourth-order valence-electron chi connectivity index (χ4n) is 1.78. The van der Waals surface area contributed by atoms with Gasteiger partial charge in [0.1, 0.15) is 0 Å². The zero-order valence-corrected chi connectivity index (χ0v) is 14.1. The predicted molar refractivity (Wildman–Crippen MR) is 92.6 cm³/mol. The van der Waals surface area contributed by atoms with Gasteiger partial charge in [0.2, 0.25) is 0 Å². The maximum absolute atomic E-state index is 12.3. The Morgan fingerprint density at radius 2 is 1.73 bits per heavy atom. The summed E-state index contributed by atoms with van der Waals surface area (Å²) in [5.41, 5.74) is 2.05. The van der Waals surface area contributed by atoms with Gasteiger partial charge in [-0.1, -0.05) is 59.8 Å². The molecule has 0 aliphatic carbocycles. The number of nitrogens with one attached hydrogen (secondary N) is 1. The van der Waals surface area contributed by atoms with Gasteiger partial charge in [-0.2, -0.15) is 0 Å². The largest absolute Gasteiger partial charge is 0.263 e. The molecule has 0 heterocycles. The number of hydrogen-bond acceptors (Lipinski definition) is 4. The van der Waals surface area contributed by atoms with Crippen molar-refractivity contribution < 1.29 is 8.42 Å². The minimum Gasteiger partial charge on any atom is -0.258 e. The van der Waals surface area contributed by atoms with Gasteiger partial charge in [0, 0.05) is 0 Å². The lowest BCUT2D eigenvalue weighted by Crippen LogP contribution is -2.28. The Morgan fingerprint density at radius 3 is 2.32 bits per heavy atom. The molecule has 0 aromatic heterocycles. The molecule has 0 fully saturated rings. The van der Waals surface area contributed by atoms with Gasteiger partial charge in [0.25, 0.3) is 10.0 Å². The van der Waals surface area contributed by atoms with E-state index in [1.807, 2.05) is 37.3 Å². The molecular weight excluding hydrogens is 316 g/mol. The molecule has 0 unspecified atom stereocenters. The van der Waals surface area contributed by atoms with Crippen LogP contribution < -0.4 is 4.72 Å². The standard InChI is InChI=1S/C16H18N2O2S2/c1-13-8-10-15(11-9-13)22(19,20)18-16(21-2)17-12-14-6-4-3-5-7-14/h3-11H,12H2,1-2H3,(H,17,18). The van der Waals surface area contributed by atoms with Crippen molar-refractivity contribution in [2.75, 3.05) is 6.26 Å². The van der Waals surface area contributed by atoms with Crippen LogP contribution in [-0.2, 0) is 16.6 Å². The van der Waals surface area contributed by atoms with Crippen LogP contribution in [0.4, 0.5) is 0 Å². The van der Waals surface area contributed by atoms with Crippen LogP contribution in [-0.4, -0.2) is 19.8 Å². The van der Waals surface area contributed by atoms with E-state index in [0.29, 0.717) is 11.7 Å². The lowest BCUT2D eigenvalue weighted by atomic mass is 10.2. The van der Waals surface area contributed by atoms with Crippen molar-refractivity contribution in [1.82, 2.24) is 4.72 Å². The second-order valence-corrected chi connectivity index (χ2v) is 7.21. The van der Waals surface area contributed by atoms with E-state index in [9.17, 15) is 8.42 Å². The topological polar surface area (TPSA) is 58.5 Å². The Labute approximate surface area is 135 Å². The normalized spacial score (nSPS) is 12.2. The predicted octanol–water partition coefficient (Wildman–Crippen LogP) is 3.19. The molecule has 0 amide bonds. The van der Waals surface area contributed by atoms with E-state index in [0.717, 1.165) is 11.1 Å². The monoisotopic (exact) mass is 334 g/mol. The van der Waals surface area contributed by atoms with Crippen LogP contribution in [0.2, 0.25) is 0 Å². The summed E-state index contributed by atoms with van der Waals surface area (Å²) in [6, 6.07) is 16.4. The molecular formula is C16H18N2O2S2. The molecule has 0 saturated carbocycles. The van der Waals surface area contributed by atoms with E-state index in [1.165, 1.54) is 11.8 Å². The molecule has 2 aromatic rings. The van der Waals surface area contributed by atoms with Gasteiger partial charge in [0.15, 0.2) is 5.17 Å². The van der Waals surface area contributed by atoms with Crippen LogP contribution in [0.15, 0.2) is 64.5 Å². The Morgan fingerprint density at radius 1 is 1.09 bits per heavy atom. The summed E-state index contributed by atoms with van der Waals surface area (Å²) in [7, 11) is -3.59. The smallest absolute Gasteiger partial charge is 0.258 e. The van der Waals surface area contributed by atoms with Crippen LogP contribution in [0.3, 0.4) is 0 Å². The van der Waals surface area contributed by atoms with Crippen LogP contribution in [0.25, 0.3) is 0 Å². The average molecular weight is 334 g/mol. The molecule has 6 heteroatoms. The highest BCUT2D eigenvalue weighted by Gasteiger charge is 2.15. The molecule has 0 radical (unpaired) electrons. The third kappa shape index (κ3) is 4.61. The highest BCUT2D eigenvalue weighted by atomic mass is 32.2. The summed E-state index contributed by atoms with van der Waals surface area (Å²) in [6.45, 7) is 2.35. The molecule has 0 bridgehead atoms. The first-order valence-electron chi connectivity index (χ1n) is 6.73. The van der Waals surface area contributed by atoms with Crippen molar-refractivity contribution in [1.29, 1.82) is 0 Å². The second kappa shape index (κ2) is 7.47. The summed E-state index contributed by atoms with van der Waals surface area (Å²) in [6.07, 6.45) is 1.79. The summed E-state index contributed by atoms with van der Waals surface area (Å²) in [5.74, 6) is 0. The lowest BCUT2D eigenvalue weighted by Gasteiger charge is -2.09. The van der Waals surface area contributed by atoms with Gasteiger partial charge in [-0.3, -0.25) is 9.71 Å². The highest BCUT2D eigenvalue weighted by Crippen LogP contribution is 2.12. The maximum atomic E-state index is 12.3. The lowest BCUT2D eigenvalue weighted by molar-refractivity contribution is 0.593. The van der Waals surface area contributed by atoms with Gasteiger partial charge >= 0.3 is 0 Å². The molecule has 0 aliphatic heterocycles. The summed E-state index contributed by atoms with van der Waals surface area (Å²) in [4.78, 5) is 4.57. The maximum Gasteiger partial charge on any atom is 0.263 e. The zero-order chi connectivity index (χ0) is 16.0. The fourth-order valence-corrected chi connectivity index (χ4v) is 3.54. The average Bonchev–Trinajstić information content (AvgIpc) is 2.52. The Bertz CT molecular complexity index is 739. The number of aliphatic imine (C=N–C) groups is 1. The SMILES string of the molecule is CSC(=NCc1ccccc1)NS(=O)(=O)c1ccc(C)cc1. The van der Waals surface area contributed by atoms with Gasteiger partial charge < -0.3 is 0 Å². The van der Waals surface area contributed by atoms with E-state index in [-0.39, 0.29) is 4.90 Å². The number of benzene rings is 2. The molecule has 0 spiro atoms. The third-order valence-corrected chi connectivity index (χ3v) is 5.10. The van der Waals surface area contributed by atoms with Gasteiger partial charge in [-0.15, -0.1) is 0 Å². The van der Waals surface area contributed by atoms with E-state index in [4.69, 9.17) is 0 Å². The summed E-state index contributed by atoms with van der Waals surface area (Å²) >= 11 is 1.27. The molecule has 2 rings (SSSR count).